The minimum Gasteiger partial charge on any atom is -0.493 e. The zero-order chi connectivity index (χ0) is 32.9. The molecule has 14 heteroatoms. The van der Waals surface area contributed by atoms with Gasteiger partial charge in [-0.15, -0.1) is 5.10 Å². The maximum absolute atomic E-state index is 12.9. The minimum atomic E-state index is -1.57. The summed E-state index contributed by atoms with van der Waals surface area (Å²) in [7, 11) is 0. The molecule has 2 aliphatic rings. The van der Waals surface area contributed by atoms with Gasteiger partial charge < -0.3 is 50.2 Å². The molecule has 2 aromatic rings. The Bertz CT molecular complexity index is 1310. The highest BCUT2D eigenvalue weighted by Gasteiger charge is 2.45. The van der Waals surface area contributed by atoms with Crippen molar-refractivity contribution in [1.82, 2.24) is 25.7 Å². The zero-order valence-corrected chi connectivity index (χ0v) is 26.6. The quantitative estimate of drug-likeness (QED) is 0.162. The summed E-state index contributed by atoms with van der Waals surface area (Å²) < 4.78 is 17.3. The van der Waals surface area contributed by atoms with Crippen LogP contribution >= 0.6 is 0 Å². The summed E-state index contributed by atoms with van der Waals surface area (Å²) in [5.74, 6) is 0.446. The largest absolute Gasteiger partial charge is 0.493 e. The SMILES string of the molecule is Cc1cc(OCCC(=O)NC(C)(C)C(=O)N2CCNCC2)ccc1Cc1c(O[C@@H]2O[C@H](CO)[C@@H](O)[C@H](O)[C@H]2O)n[nH]c1C(C)C. The van der Waals surface area contributed by atoms with Gasteiger partial charge in [-0.1, -0.05) is 19.9 Å². The van der Waals surface area contributed by atoms with Crippen molar-refractivity contribution in [2.24, 2.45) is 0 Å². The predicted molar refractivity (Wildman–Crippen MR) is 163 cm³/mol. The molecule has 2 aliphatic heterocycles. The van der Waals surface area contributed by atoms with Gasteiger partial charge in [0.2, 0.25) is 24.0 Å². The van der Waals surface area contributed by atoms with E-state index in [-0.39, 0.29) is 36.6 Å². The Morgan fingerprint density at radius 3 is 2.51 bits per heavy atom. The third-order valence-corrected chi connectivity index (χ3v) is 8.18. The van der Waals surface area contributed by atoms with Crippen molar-refractivity contribution < 1.29 is 44.2 Å². The Morgan fingerprint density at radius 2 is 1.87 bits per heavy atom. The van der Waals surface area contributed by atoms with Gasteiger partial charge in [0, 0.05) is 43.9 Å². The van der Waals surface area contributed by atoms with Crippen LogP contribution in [0.2, 0.25) is 0 Å². The molecule has 3 heterocycles. The number of carbonyl (C=O) groups excluding carboxylic acids is 2. The molecule has 14 nitrogen and oxygen atoms in total. The second-order valence-corrected chi connectivity index (χ2v) is 12.5. The molecule has 1 aromatic carbocycles. The van der Waals surface area contributed by atoms with E-state index in [1.807, 2.05) is 39.0 Å². The summed E-state index contributed by atoms with van der Waals surface area (Å²) in [6.07, 6.45) is -6.58. The number of rotatable bonds is 12. The molecular formula is C31H47N5O9. The number of hydrogen-bond donors (Lipinski definition) is 7. The Morgan fingerprint density at radius 1 is 1.16 bits per heavy atom. The standard InChI is InChI=1S/C31H47N5O9/c1-17(2)24-21(28(35-34-24)45-29-27(41)26(40)25(39)22(16-37)44-29)15-19-6-7-20(14-18(19)3)43-13-8-23(38)33-31(4,5)30(42)36-11-9-32-10-12-36/h6-7,14,17,22,25-27,29,32,37,39-41H,8-13,15-16H2,1-5H3,(H,33,38)(H,34,35)/t22-,25-,26+,27-,29+/m1/s1. The first-order chi connectivity index (χ1) is 21.3. The Labute approximate surface area is 263 Å². The van der Waals surface area contributed by atoms with Gasteiger partial charge in [-0.05, 0) is 49.9 Å². The number of aromatic nitrogens is 2. The number of ether oxygens (including phenoxy) is 3. The summed E-state index contributed by atoms with van der Waals surface area (Å²) in [5, 5.41) is 53.6. The third-order valence-electron chi connectivity index (χ3n) is 8.18. The van der Waals surface area contributed by atoms with Crippen molar-refractivity contribution in [3.63, 3.8) is 0 Å². The molecule has 0 spiro atoms. The molecule has 0 radical (unpaired) electrons. The summed E-state index contributed by atoms with van der Waals surface area (Å²) in [6, 6.07) is 5.60. The van der Waals surface area contributed by atoms with Crippen molar-refractivity contribution in [1.29, 1.82) is 0 Å². The fraction of sp³-hybridized carbons (Fsp3) is 0.645. The number of benzene rings is 1. The summed E-state index contributed by atoms with van der Waals surface area (Å²) >= 11 is 0. The van der Waals surface area contributed by atoms with E-state index < -0.39 is 42.9 Å². The molecule has 2 amide bonds. The fourth-order valence-electron chi connectivity index (χ4n) is 5.52. The number of H-pyrrole nitrogens is 1. The Balaban J connectivity index is 1.36. The van der Waals surface area contributed by atoms with Crippen molar-refractivity contribution in [2.75, 3.05) is 39.4 Å². The zero-order valence-electron chi connectivity index (χ0n) is 26.6. The van der Waals surface area contributed by atoms with E-state index in [1.54, 1.807) is 18.7 Å². The number of amides is 2. The van der Waals surface area contributed by atoms with E-state index in [9.17, 15) is 30.0 Å². The van der Waals surface area contributed by atoms with E-state index >= 15 is 0 Å². The maximum atomic E-state index is 12.9. The van der Waals surface area contributed by atoms with E-state index in [0.717, 1.165) is 35.5 Å². The van der Waals surface area contributed by atoms with Gasteiger partial charge in [0.1, 0.15) is 35.7 Å². The number of aromatic amines is 1. The third kappa shape index (κ3) is 8.31. The van der Waals surface area contributed by atoms with Crippen LogP contribution in [0.1, 0.15) is 62.4 Å². The molecule has 2 saturated heterocycles. The van der Waals surface area contributed by atoms with Gasteiger partial charge in [0.15, 0.2) is 0 Å². The molecule has 7 N–H and O–H groups in total. The lowest BCUT2D eigenvalue weighted by molar-refractivity contribution is -0.278. The van der Waals surface area contributed by atoms with Crippen molar-refractivity contribution >= 4 is 11.8 Å². The summed E-state index contributed by atoms with van der Waals surface area (Å²) in [5.41, 5.74) is 2.41. The predicted octanol–water partition coefficient (Wildman–Crippen LogP) is -0.293. The number of piperazine rings is 1. The lowest BCUT2D eigenvalue weighted by Crippen LogP contribution is -2.60. The van der Waals surface area contributed by atoms with E-state index in [1.165, 1.54) is 0 Å². The topological polar surface area (TPSA) is 199 Å². The fourth-order valence-corrected chi connectivity index (χ4v) is 5.52. The molecule has 5 atom stereocenters. The first kappa shape index (κ1) is 34.6. The van der Waals surface area contributed by atoms with Crippen LogP contribution in [0.15, 0.2) is 18.2 Å². The van der Waals surface area contributed by atoms with Gasteiger partial charge in [0.05, 0.1) is 19.6 Å². The first-order valence-electron chi connectivity index (χ1n) is 15.4. The minimum absolute atomic E-state index is 0.0610. The number of nitrogens with one attached hydrogen (secondary N) is 3. The number of aliphatic hydroxyl groups excluding tert-OH is 4. The molecule has 4 rings (SSSR count). The lowest BCUT2D eigenvalue weighted by atomic mass is 9.96. The number of nitrogens with zero attached hydrogens (tertiary/aromatic N) is 2. The van der Waals surface area contributed by atoms with Gasteiger partial charge >= 0.3 is 0 Å². The normalized spacial score (nSPS) is 24.0. The second-order valence-electron chi connectivity index (χ2n) is 12.5. The van der Waals surface area contributed by atoms with Gasteiger partial charge in [0.25, 0.3) is 0 Å². The van der Waals surface area contributed by atoms with Crippen LogP contribution in [0.4, 0.5) is 0 Å². The highest BCUT2D eigenvalue weighted by Crippen LogP contribution is 2.32. The number of aryl methyl sites for hydroxylation is 1. The van der Waals surface area contributed by atoms with Crippen molar-refractivity contribution in [3.05, 3.63) is 40.6 Å². The summed E-state index contributed by atoms with van der Waals surface area (Å²) in [6.45, 7) is 11.6. The average Bonchev–Trinajstić information content (AvgIpc) is 3.40. The average molecular weight is 634 g/mol. The van der Waals surface area contributed by atoms with Crippen LogP contribution in [-0.4, -0.2) is 123 Å². The molecule has 0 bridgehead atoms. The van der Waals surface area contributed by atoms with Crippen LogP contribution in [0, 0.1) is 6.92 Å². The highest BCUT2D eigenvalue weighted by atomic mass is 16.7. The second kappa shape index (κ2) is 14.9. The van der Waals surface area contributed by atoms with Crippen LogP contribution < -0.4 is 20.1 Å². The maximum Gasteiger partial charge on any atom is 0.247 e. The Kier molecular flexibility index (Phi) is 11.4. The van der Waals surface area contributed by atoms with Crippen LogP contribution in [0.3, 0.4) is 0 Å². The van der Waals surface area contributed by atoms with Crippen molar-refractivity contribution in [2.45, 2.75) is 89.6 Å². The van der Waals surface area contributed by atoms with Crippen LogP contribution in [0.25, 0.3) is 0 Å². The van der Waals surface area contributed by atoms with Crippen molar-refractivity contribution in [3.8, 4) is 11.6 Å². The first-order valence-corrected chi connectivity index (χ1v) is 15.4. The van der Waals surface area contributed by atoms with Gasteiger partial charge in [-0.25, -0.2) is 0 Å². The monoisotopic (exact) mass is 633 g/mol. The molecule has 250 valence electrons. The summed E-state index contributed by atoms with van der Waals surface area (Å²) in [4.78, 5) is 27.3. The van der Waals surface area contributed by atoms with E-state index in [2.05, 4.69) is 20.8 Å². The Hall–Kier alpha value is -3.27. The van der Waals surface area contributed by atoms with Crippen LogP contribution in [0.5, 0.6) is 11.6 Å². The molecule has 0 aliphatic carbocycles. The van der Waals surface area contributed by atoms with Gasteiger partial charge in [-0.2, -0.15) is 0 Å². The smallest absolute Gasteiger partial charge is 0.247 e. The van der Waals surface area contributed by atoms with E-state index in [4.69, 9.17) is 14.2 Å². The molecule has 2 fully saturated rings. The lowest BCUT2D eigenvalue weighted by Gasteiger charge is -2.39. The van der Waals surface area contributed by atoms with E-state index in [0.29, 0.717) is 25.3 Å². The van der Waals surface area contributed by atoms with Gasteiger partial charge in [-0.3, -0.25) is 14.7 Å². The molecule has 45 heavy (non-hydrogen) atoms. The number of aliphatic hydroxyl groups is 4. The molecule has 0 saturated carbocycles. The van der Waals surface area contributed by atoms with Crippen LogP contribution in [-0.2, 0) is 20.7 Å². The number of hydrogen-bond acceptors (Lipinski definition) is 11. The molecule has 0 unspecified atom stereocenters. The molecular weight excluding hydrogens is 586 g/mol. The number of carbonyl (C=O) groups is 2. The highest BCUT2D eigenvalue weighted by molar-refractivity contribution is 5.90. The molecule has 1 aromatic heterocycles.